The lowest BCUT2D eigenvalue weighted by molar-refractivity contribution is 0.162. The van der Waals surface area contributed by atoms with E-state index in [1.807, 2.05) is 35.0 Å². The average Bonchev–Trinajstić information content (AvgIpc) is 3.03. The highest BCUT2D eigenvalue weighted by atomic mass is 32.2. The highest BCUT2D eigenvalue weighted by Crippen LogP contribution is 2.24. The lowest BCUT2D eigenvalue weighted by atomic mass is 10.1. The lowest BCUT2D eigenvalue weighted by Gasteiger charge is -2.34. The smallest absolute Gasteiger partial charge is 0.208 e. The quantitative estimate of drug-likeness (QED) is 0.838. The van der Waals surface area contributed by atoms with Crippen molar-refractivity contribution in [2.75, 3.05) is 19.3 Å². The van der Waals surface area contributed by atoms with Crippen molar-refractivity contribution >= 4 is 10.0 Å². The Kier molecular flexibility index (Phi) is 5.18. The molecule has 1 unspecified atom stereocenters. The molecule has 1 aliphatic rings. The average molecular weight is 359 g/mol. The third kappa shape index (κ3) is 4.45. The van der Waals surface area contributed by atoms with E-state index in [1.165, 1.54) is 6.26 Å². The number of nitrogens with zero attached hydrogens (tertiary/aromatic N) is 4. The van der Waals surface area contributed by atoms with Crippen LogP contribution in [0.15, 0.2) is 36.5 Å². The van der Waals surface area contributed by atoms with Crippen LogP contribution >= 0.6 is 0 Å². The Morgan fingerprint density at radius 1 is 1.36 bits per heavy atom. The van der Waals surface area contributed by atoms with Crippen molar-refractivity contribution < 1.29 is 8.42 Å². The molecule has 1 N–H and O–H groups in total. The van der Waals surface area contributed by atoms with Crippen LogP contribution in [0.1, 0.15) is 29.3 Å². The van der Waals surface area contributed by atoms with Crippen LogP contribution in [-0.4, -0.2) is 42.4 Å². The van der Waals surface area contributed by atoms with Gasteiger partial charge in [-0.3, -0.25) is 9.58 Å². The van der Waals surface area contributed by atoms with Gasteiger partial charge in [0.1, 0.15) is 0 Å². The number of rotatable bonds is 6. The Morgan fingerprint density at radius 2 is 2.16 bits per heavy atom. The summed E-state index contributed by atoms with van der Waals surface area (Å²) >= 11 is 0. The third-order valence-electron chi connectivity index (χ3n) is 4.33. The summed E-state index contributed by atoms with van der Waals surface area (Å²) in [6.45, 7) is 2.59. The topological polar surface area (TPSA) is 91.0 Å². The summed E-state index contributed by atoms with van der Waals surface area (Å²) in [6.07, 6.45) is 3.61. The second-order valence-electron chi connectivity index (χ2n) is 6.31. The van der Waals surface area contributed by atoms with Crippen molar-refractivity contribution in [1.29, 1.82) is 5.26 Å². The summed E-state index contributed by atoms with van der Waals surface area (Å²) in [5, 5.41) is 13.7. The number of sulfonamides is 1. The van der Waals surface area contributed by atoms with Crippen molar-refractivity contribution in [3.63, 3.8) is 0 Å². The van der Waals surface area contributed by atoms with Crippen LogP contribution in [0.3, 0.4) is 0 Å². The molecule has 7 nitrogen and oxygen atoms in total. The SMILES string of the molecule is CS(=O)(=O)NCCC1CN(Cc2ccccc2C#N)Cc2ccnn21. The van der Waals surface area contributed by atoms with Crippen LogP contribution in [0, 0.1) is 11.3 Å². The molecule has 132 valence electrons. The predicted octanol–water partition coefficient (Wildman–Crippen LogP) is 1.25. The summed E-state index contributed by atoms with van der Waals surface area (Å²) in [5.41, 5.74) is 2.80. The molecule has 1 aromatic carbocycles. The number of benzene rings is 1. The fourth-order valence-corrected chi connectivity index (χ4v) is 3.71. The fourth-order valence-electron chi connectivity index (χ4n) is 3.22. The number of nitriles is 1. The van der Waals surface area contributed by atoms with Gasteiger partial charge in [0.2, 0.25) is 10.0 Å². The largest absolute Gasteiger partial charge is 0.291 e. The molecule has 2 aromatic rings. The standard InChI is InChI=1S/C17H21N5O2S/c1-25(23,24)20-9-7-17-13-21(12-16-6-8-19-22(16)17)11-15-5-3-2-4-14(15)10-18/h2-6,8,17,20H,7,9,11-13H2,1H3. The van der Waals surface area contributed by atoms with E-state index in [-0.39, 0.29) is 6.04 Å². The number of fused-ring (bicyclic) bond motifs is 1. The lowest BCUT2D eigenvalue weighted by Crippen LogP contribution is -2.39. The molecule has 0 bridgehead atoms. The van der Waals surface area contributed by atoms with E-state index >= 15 is 0 Å². The van der Waals surface area contributed by atoms with Crippen LogP contribution < -0.4 is 4.72 Å². The van der Waals surface area contributed by atoms with Crippen LogP contribution in [0.2, 0.25) is 0 Å². The minimum absolute atomic E-state index is 0.0993. The molecule has 25 heavy (non-hydrogen) atoms. The van der Waals surface area contributed by atoms with E-state index in [1.54, 1.807) is 6.20 Å². The third-order valence-corrected chi connectivity index (χ3v) is 5.05. The molecule has 2 heterocycles. The van der Waals surface area contributed by atoms with E-state index in [2.05, 4.69) is 20.8 Å². The van der Waals surface area contributed by atoms with Crippen molar-refractivity contribution in [3.05, 3.63) is 53.3 Å². The Morgan fingerprint density at radius 3 is 2.92 bits per heavy atom. The molecular formula is C17H21N5O2S. The Balaban J connectivity index is 1.72. The maximum Gasteiger partial charge on any atom is 0.208 e. The van der Waals surface area contributed by atoms with E-state index in [0.717, 1.165) is 24.3 Å². The summed E-state index contributed by atoms with van der Waals surface area (Å²) < 4.78 is 27.1. The van der Waals surface area contributed by atoms with Gasteiger partial charge in [-0.15, -0.1) is 0 Å². The normalized spacial score (nSPS) is 17.8. The first-order valence-corrected chi connectivity index (χ1v) is 10.0. The molecular weight excluding hydrogens is 338 g/mol. The van der Waals surface area contributed by atoms with Crippen LogP contribution in [0.25, 0.3) is 0 Å². The first-order chi connectivity index (χ1) is 12.0. The van der Waals surface area contributed by atoms with Gasteiger partial charge in [0, 0.05) is 32.4 Å². The molecule has 0 saturated heterocycles. The molecule has 0 amide bonds. The van der Waals surface area contributed by atoms with Gasteiger partial charge in [-0.1, -0.05) is 18.2 Å². The summed E-state index contributed by atoms with van der Waals surface area (Å²) in [4.78, 5) is 2.28. The monoisotopic (exact) mass is 359 g/mol. The number of nitrogens with one attached hydrogen (secondary N) is 1. The van der Waals surface area contributed by atoms with Crippen molar-refractivity contribution in [1.82, 2.24) is 19.4 Å². The highest BCUT2D eigenvalue weighted by Gasteiger charge is 2.25. The fraction of sp³-hybridized carbons (Fsp3) is 0.412. The van der Waals surface area contributed by atoms with Gasteiger partial charge in [0.25, 0.3) is 0 Å². The Bertz CT molecular complexity index is 884. The van der Waals surface area contributed by atoms with E-state index < -0.39 is 10.0 Å². The van der Waals surface area contributed by atoms with Crippen LogP contribution in [0.5, 0.6) is 0 Å². The molecule has 1 atom stereocenters. The molecule has 0 saturated carbocycles. The molecule has 8 heteroatoms. The number of hydrogen-bond acceptors (Lipinski definition) is 5. The maximum absolute atomic E-state index is 11.3. The van der Waals surface area contributed by atoms with Gasteiger partial charge in [0.15, 0.2) is 0 Å². The van der Waals surface area contributed by atoms with Gasteiger partial charge < -0.3 is 0 Å². The summed E-state index contributed by atoms with van der Waals surface area (Å²) in [7, 11) is -3.19. The maximum atomic E-state index is 11.3. The first-order valence-electron chi connectivity index (χ1n) is 8.13. The van der Waals surface area contributed by atoms with Gasteiger partial charge in [0.05, 0.1) is 29.6 Å². The molecule has 3 rings (SSSR count). The zero-order valence-electron chi connectivity index (χ0n) is 14.1. The second-order valence-corrected chi connectivity index (χ2v) is 8.15. The number of aromatic nitrogens is 2. The molecule has 0 spiro atoms. The molecule has 0 radical (unpaired) electrons. The van der Waals surface area contributed by atoms with Crippen molar-refractivity contribution in [3.8, 4) is 6.07 Å². The zero-order chi connectivity index (χ0) is 17.9. The Labute approximate surface area is 147 Å². The molecule has 0 fully saturated rings. The van der Waals surface area contributed by atoms with E-state index in [4.69, 9.17) is 0 Å². The highest BCUT2D eigenvalue weighted by molar-refractivity contribution is 7.88. The first kappa shape index (κ1) is 17.6. The van der Waals surface area contributed by atoms with E-state index in [9.17, 15) is 13.7 Å². The minimum Gasteiger partial charge on any atom is -0.291 e. The second kappa shape index (κ2) is 7.35. The van der Waals surface area contributed by atoms with Gasteiger partial charge in [-0.25, -0.2) is 13.1 Å². The predicted molar refractivity (Wildman–Crippen MR) is 94.0 cm³/mol. The van der Waals surface area contributed by atoms with Crippen LogP contribution in [-0.2, 0) is 23.1 Å². The molecule has 1 aromatic heterocycles. The molecule has 0 aliphatic carbocycles. The van der Waals surface area contributed by atoms with E-state index in [0.29, 0.717) is 25.1 Å². The number of hydrogen-bond donors (Lipinski definition) is 1. The zero-order valence-corrected chi connectivity index (χ0v) is 14.9. The van der Waals surface area contributed by atoms with Crippen molar-refractivity contribution in [2.45, 2.75) is 25.6 Å². The van der Waals surface area contributed by atoms with Crippen molar-refractivity contribution in [2.24, 2.45) is 0 Å². The minimum atomic E-state index is -3.19. The van der Waals surface area contributed by atoms with Gasteiger partial charge >= 0.3 is 0 Å². The summed E-state index contributed by atoms with van der Waals surface area (Å²) in [6, 6.07) is 11.9. The molecule has 1 aliphatic heterocycles. The van der Waals surface area contributed by atoms with Gasteiger partial charge in [-0.2, -0.15) is 10.4 Å². The summed E-state index contributed by atoms with van der Waals surface area (Å²) in [5.74, 6) is 0. The Hall–Kier alpha value is -2.21. The van der Waals surface area contributed by atoms with Gasteiger partial charge in [-0.05, 0) is 24.1 Å². The van der Waals surface area contributed by atoms with Crippen LogP contribution in [0.4, 0.5) is 0 Å².